The molecule has 1 aromatic carbocycles. The first-order chi connectivity index (χ1) is 8.33. The Morgan fingerprint density at radius 3 is 3.29 bits per heavy atom. The number of rotatable bonds is 3. The van der Waals surface area contributed by atoms with Crippen LogP contribution in [0.1, 0.15) is 29.6 Å². The summed E-state index contributed by atoms with van der Waals surface area (Å²) in [6.07, 6.45) is 4.23. The minimum atomic E-state index is 0.169. The summed E-state index contributed by atoms with van der Waals surface area (Å²) in [5, 5.41) is 3.33. The molecule has 4 nitrogen and oxygen atoms in total. The molecule has 1 atom stereocenters. The fourth-order valence-electron chi connectivity index (χ4n) is 2.30. The lowest BCUT2D eigenvalue weighted by Crippen LogP contribution is -2.24. The van der Waals surface area contributed by atoms with Crippen LogP contribution in [-0.4, -0.2) is 23.4 Å². The third-order valence-corrected chi connectivity index (χ3v) is 3.25. The van der Waals surface area contributed by atoms with Gasteiger partial charge in [0.25, 0.3) is 0 Å². The molecule has 1 aromatic heterocycles. The van der Waals surface area contributed by atoms with Crippen LogP contribution in [0.5, 0.6) is 0 Å². The molecule has 17 heavy (non-hydrogen) atoms. The van der Waals surface area contributed by atoms with Crippen molar-refractivity contribution in [2.24, 2.45) is 0 Å². The highest BCUT2D eigenvalue weighted by Crippen LogP contribution is 2.17. The van der Waals surface area contributed by atoms with E-state index in [1.165, 1.54) is 12.8 Å². The molecule has 4 heteroatoms. The van der Waals surface area contributed by atoms with Gasteiger partial charge in [-0.2, -0.15) is 0 Å². The molecule has 0 amide bonds. The van der Waals surface area contributed by atoms with Crippen LogP contribution in [0, 0.1) is 0 Å². The number of hydrogen-bond acceptors (Lipinski definition) is 4. The van der Waals surface area contributed by atoms with Crippen LogP contribution < -0.4 is 5.32 Å². The van der Waals surface area contributed by atoms with Crippen molar-refractivity contribution in [2.45, 2.75) is 25.3 Å². The highest BCUT2D eigenvalue weighted by atomic mass is 16.3. The van der Waals surface area contributed by atoms with Gasteiger partial charge in [0.15, 0.2) is 17.8 Å². The lowest BCUT2D eigenvalue weighted by Gasteiger charge is -2.08. The molecule has 0 spiro atoms. The Kier molecular flexibility index (Phi) is 2.65. The van der Waals surface area contributed by atoms with Crippen molar-refractivity contribution in [3.8, 4) is 0 Å². The molecular formula is C13H14N2O2. The van der Waals surface area contributed by atoms with Crippen molar-refractivity contribution < 1.29 is 9.21 Å². The van der Waals surface area contributed by atoms with E-state index < -0.39 is 0 Å². The molecule has 1 unspecified atom stereocenters. The van der Waals surface area contributed by atoms with Gasteiger partial charge in [-0.05, 0) is 37.6 Å². The normalized spacial score (nSPS) is 19.9. The Labute approximate surface area is 99.0 Å². The SMILES string of the molecule is O=C(CC1CCCN1)c1ccc2ncoc2c1. The molecule has 0 radical (unpaired) electrons. The third-order valence-electron chi connectivity index (χ3n) is 3.25. The van der Waals surface area contributed by atoms with Crippen LogP contribution in [0.3, 0.4) is 0 Å². The molecule has 3 rings (SSSR count). The number of hydrogen-bond donors (Lipinski definition) is 1. The third kappa shape index (κ3) is 2.08. The smallest absolute Gasteiger partial charge is 0.181 e. The zero-order valence-electron chi connectivity index (χ0n) is 9.48. The Morgan fingerprint density at radius 1 is 1.53 bits per heavy atom. The average molecular weight is 230 g/mol. The van der Waals surface area contributed by atoms with Gasteiger partial charge in [-0.15, -0.1) is 0 Å². The second-order valence-electron chi connectivity index (χ2n) is 4.46. The minimum absolute atomic E-state index is 0.169. The van der Waals surface area contributed by atoms with E-state index in [0.717, 1.165) is 18.5 Å². The number of fused-ring (bicyclic) bond motifs is 1. The standard InChI is InChI=1S/C13H14N2O2/c16-12(7-10-2-1-5-14-10)9-3-4-11-13(6-9)17-8-15-11/h3-4,6,8,10,14H,1-2,5,7H2. The van der Waals surface area contributed by atoms with Crippen molar-refractivity contribution in [1.29, 1.82) is 0 Å². The van der Waals surface area contributed by atoms with Gasteiger partial charge in [0.2, 0.25) is 0 Å². The summed E-state index contributed by atoms with van der Waals surface area (Å²) in [5.74, 6) is 0.169. The van der Waals surface area contributed by atoms with Crippen LogP contribution in [0.4, 0.5) is 0 Å². The van der Waals surface area contributed by atoms with Gasteiger partial charge in [-0.1, -0.05) is 0 Å². The number of oxazole rings is 1. The molecule has 88 valence electrons. The summed E-state index contributed by atoms with van der Waals surface area (Å²) >= 11 is 0. The van der Waals surface area contributed by atoms with E-state index in [-0.39, 0.29) is 5.78 Å². The van der Waals surface area contributed by atoms with Crippen molar-refractivity contribution >= 4 is 16.9 Å². The highest BCUT2D eigenvalue weighted by Gasteiger charge is 2.18. The Balaban J connectivity index is 1.79. The van der Waals surface area contributed by atoms with E-state index in [1.54, 1.807) is 6.07 Å². The molecule has 1 N–H and O–H groups in total. The number of carbonyl (C=O) groups excluding carboxylic acids is 1. The van der Waals surface area contributed by atoms with Crippen molar-refractivity contribution in [2.75, 3.05) is 6.54 Å². The topological polar surface area (TPSA) is 55.1 Å². The summed E-state index contributed by atoms with van der Waals surface area (Å²) in [6, 6.07) is 5.77. The quantitative estimate of drug-likeness (QED) is 0.821. The van der Waals surface area contributed by atoms with E-state index in [0.29, 0.717) is 23.6 Å². The fourth-order valence-corrected chi connectivity index (χ4v) is 2.30. The first kappa shape index (κ1) is 10.5. The zero-order chi connectivity index (χ0) is 11.7. The number of aromatic nitrogens is 1. The maximum Gasteiger partial charge on any atom is 0.181 e. The molecule has 1 aliphatic heterocycles. The van der Waals surface area contributed by atoms with Gasteiger partial charge in [-0.3, -0.25) is 4.79 Å². The largest absolute Gasteiger partial charge is 0.443 e. The Hall–Kier alpha value is -1.68. The molecule has 1 saturated heterocycles. The van der Waals surface area contributed by atoms with Gasteiger partial charge in [0.1, 0.15) is 5.52 Å². The minimum Gasteiger partial charge on any atom is -0.443 e. The van der Waals surface area contributed by atoms with Crippen molar-refractivity contribution in [1.82, 2.24) is 10.3 Å². The van der Waals surface area contributed by atoms with Crippen LogP contribution in [0.25, 0.3) is 11.1 Å². The molecule has 2 heterocycles. The summed E-state index contributed by atoms with van der Waals surface area (Å²) in [5.41, 5.74) is 2.18. The Morgan fingerprint density at radius 2 is 2.47 bits per heavy atom. The number of carbonyl (C=O) groups is 1. The summed E-state index contributed by atoms with van der Waals surface area (Å²) < 4.78 is 5.20. The molecule has 0 bridgehead atoms. The number of Topliss-reactive ketones (excluding diaryl/α,β-unsaturated/α-hetero) is 1. The number of ketones is 1. The predicted molar refractivity (Wildman–Crippen MR) is 64.0 cm³/mol. The molecule has 1 fully saturated rings. The second-order valence-corrected chi connectivity index (χ2v) is 4.46. The van der Waals surface area contributed by atoms with Crippen LogP contribution in [-0.2, 0) is 0 Å². The summed E-state index contributed by atoms with van der Waals surface area (Å²) in [7, 11) is 0. The molecule has 1 aliphatic rings. The van der Waals surface area contributed by atoms with Crippen LogP contribution in [0.15, 0.2) is 29.0 Å². The summed E-state index contributed by atoms with van der Waals surface area (Å²) in [6.45, 7) is 1.03. The number of benzene rings is 1. The average Bonchev–Trinajstić information content (AvgIpc) is 2.97. The van der Waals surface area contributed by atoms with Gasteiger partial charge in [0.05, 0.1) is 0 Å². The lowest BCUT2D eigenvalue weighted by atomic mass is 10.0. The van der Waals surface area contributed by atoms with Gasteiger partial charge >= 0.3 is 0 Å². The van der Waals surface area contributed by atoms with E-state index in [1.807, 2.05) is 12.1 Å². The first-order valence-corrected chi connectivity index (χ1v) is 5.93. The van der Waals surface area contributed by atoms with Crippen molar-refractivity contribution in [3.63, 3.8) is 0 Å². The van der Waals surface area contributed by atoms with Crippen LogP contribution in [0.2, 0.25) is 0 Å². The monoisotopic (exact) mass is 230 g/mol. The maximum atomic E-state index is 12.1. The second kappa shape index (κ2) is 4.30. The van der Waals surface area contributed by atoms with E-state index in [4.69, 9.17) is 4.42 Å². The summed E-state index contributed by atoms with van der Waals surface area (Å²) in [4.78, 5) is 16.1. The van der Waals surface area contributed by atoms with Crippen LogP contribution >= 0.6 is 0 Å². The Bertz CT molecular complexity index is 541. The molecular weight excluding hydrogens is 216 g/mol. The first-order valence-electron chi connectivity index (χ1n) is 5.93. The lowest BCUT2D eigenvalue weighted by molar-refractivity contribution is 0.0971. The number of nitrogens with one attached hydrogen (secondary N) is 1. The van der Waals surface area contributed by atoms with Gasteiger partial charge in [0, 0.05) is 18.0 Å². The molecule has 0 saturated carbocycles. The van der Waals surface area contributed by atoms with Gasteiger partial charge in [-0.25, -0.2) is 4.98 Å². The number of nitrogens with zero attached hydrogens (tertiary/aromatic N) is 1. The van der Waals surface area contributed by atoms with Crippen molar-refractivity contribution in [3.05, 3.63) is 30.2 Å². The van der Waals surface area contributed by atoms with E-state index in [9.17, 15) is 4.79 Å². The van der Waals surface area contributed by atoms with Gasteiger partial charge < -0.3 is 9.73 Å². The molecule has 2 aromatic rings. The zero-order valence-corrected chi connectivity index (χ0v) is 9.48. The highest BCUT2D eigenvalue weighted by molar-refractivity contribution is 5.98. The fraction of sp³-hybridized carbons (Fsp3) is 0.385. The predicted octanol–water partition coefficient (Wildman–Crippen LogP) is 2.15. The van der Waals surface area contributed by atoms with E-state index >= 15 is 0 Å². The maximum absolute atomic E-state index is 12.1. The molecule has 0 aliphatic carbocycles. The van der Waals surface area contributed by atoms with E-state index in [2.05, 4.69) is 10.3 Å².